The zero-order chi connectivity index (χ0) is 19.0. The Balaban J connectivity index is 1.46. The number of rotatable bonds is 4. The van der Waals surface area contributed by atoms with E-state index in [9.17, 15) is 9.90 Å². The van der Waals surface area contributed by atoms with Gasteiger partial charge >= 0.3 is 6.03 Å². The third-order valence-corrected chi connectivity index (χ3v) is 4.85. The van der Waals surface area contributed by atoms with Crippen LogP contribution in [-0.4, -0.2) is 59.2 Å². The molecule has 27 heavy (non-hydrogen) atoms. The van der Waals surface area contributed by atoms with Gasteiger partial charge in [0.15, 0.2) is 6.29 Å². The van der Waals surface area contributed by atoms with E-state index in [1.54, 1.807) is 37.6 Å². The fourth-order valence-electron chi connectivity index (χ4n) is 3.33. The van der Waals surface area contributed by atoms with Crippen LogP contribution in [0.25, 0.3) is 0 Å². The molecule has 3 N–H and O–H groups in total. The van der Waals surface area contributed by atoms with Crippen molar-refractivity contribution in [1.82, 2.24) is 15.1 Å². The first kappa shape index (κ1) is 18.1. The van der Waals surface area contributed by atoms with Crippen molar-refractivity contribution in [2.24, 2.45) is 0 Å². The van der Waals surface area contributed by atoms with Gasteiger partial charge in [-0.2, -0.15) is 5.10 Å². The minimum atomic E-state index is -0.964. The molecule has 2 aromatic rings. The Bertz CT molecular complexity index is 814. The SMILES string of the molecule is COc1ccc(NC(=O)NC2C3COC(O3)C(n3cc(Cl)cn3)C2O)cc1. The highest BCUT2D eigenvalue weighted by Crippen LogP contribution is 2.35. The van der Waals surface area contributed by atoms with Crippen LogP contribution in [0, 0.1) is 0 Å². The standard InChI is InChI=1S/C17H19ClN4O5/c1-25-11-4-2-10(3-5-11)20-17(24)21-13-12-8-26-16(27-12)14(15(13)23)22-7-9(18)6-19-22/h2-7,12-16,23H,8H2,1H3,(H2,20,21,24). The average molecular weight is 395 g/mol. The lowest BCUT2D eigenvalue weighted by Crippen LogP contribution is -2.59. The second kappa shape index (κ2) is 7.35. The zero-order valence-corrected chi connectivity index (χ0v) is 15.2. The summed E-state index contributed by atoms with van der Waals surface area (Å²) in [7, 11) is 1.57. The molecule has 2 amide bonds. The second-order valence-electron chi connectivity index (χ2n) is 6.35. The van der Waals surface area contributed by atoms with Crippen molar-refractivity contribution in [3.63, 3.8) is 0 Å². The Kier molecular flexibility index (Phi) is 4.92. The van der Waals surface area contributed by atoms with Crippen LogP contribution in [0.15, 0.2) is 36.7 Å². The van der Waals surface area contributed by atoms with E-state index >= 15 is 0 Å². The zero-order valence-electron chi connectivity index (χ0n) is 14.4. The lowest BCUT2D eigenvalue weighted by molar-refractivity contribution is -0.166. The minimum absolute atomic E-state index is 0.265. The van der Waals surface area contributed by atoms with E-state index in [-0.39, 0.29) is 6.61 Å². The van der Waals surface area contributed by atoms with E-state index in [1.807, 2.05) is 0 Å². The summed E-state index contributed by atoms with van der Waals surface area (Å²) in [6.07, 6.45) is 0.982. The number of methoxy groups -OCH3 is 1. The monoisotopic (exact) mass is 394 g/mol. The number of carbonyl (C=O) groups is 1. The first-order chi connectivity index (χ1) is 13.0. The normalized spacial score (nSPS) is 29.4. The molecule has 0 aliphatic carbocycles. The molecule has 0 radical (unpaired) electrons. The van der Waals surface area contributed by atoms with Crippen LogP contribution < -0.4 is 15.4 Å². The van der Waals surface area contributed by atoms with Crippen molar-refractivity contribution < 1.29 is 24.1 Å². The molecule has 10 heteroatoms. The summed E-state index contributed by atoms with van der Waals surface area (Å²) in [4.78, 5) is 12.4. The number of aromatic nitrogens is 2. The van der Waals surface area contributed by atoms with Crippen molar-refractivity contribution in [1.29, 1.82) is 0 Å². The number of halogens is 1. The Morgan fingerprint density at radius 2 is 2.19 bits per heavy atom. The van der Waals surface area contributed by atoms with Gasteiger partial charge in [0.2, 0.25) is 0 Å². The van der Waals surface area contributed by atoms with Crippen LogP contribution >= 0.6 is 11.6 Å². The maximum atomic E-state index is 12.4. The molecule has 2 fully saturated rings. The smallest absolute Gasteiger partial charge is 0.319 e. The summed E-state index contributed by atoms with van der Waals surface area (Å²) in [5, 5.41) is 20.9. The molecule has 2 aliphatic heterocycles. The fourth-order valence-corrected chi connectivity index (χ4v) is 3.48. The molecule has 9 nitrogen and oxygen atoms in total. The molecular weight excluding hydrogens is 376 g/mol. The molecule has 0 spiro atoms. The summed E-state index contributed by atoms with van der Waals surface area (Å²) in [6.45, 7) is 0.265. The number of ether oxygens (including phenoxy) is 3. The molecule has 2 saturated heterocycles. The van der Waals surface area contributed by atoms with E-state index in [2.05, 4.69) is 15.7 Å². The van der Waals surface area contributed by atoms with Crippen LogP contribution in [0.1, 0.15) is 6.04 Å². The number of fused-ring (bicyclic) bond motifs is 2. The molecule has 0 saturated carbocycles. The van der Waals surface area contributed by atoms with Crippen molar-refractivity contribution in [3.05, 3.63) is 41.7 Å². The van der Waals surface area contributed by atoms with Crippen LogP contribution in [0.3, 0.4) is 0 Å². The van der Waals surface area contributed by atoms with Gasteiger partial charge in [0.05, 0.1) is 31.0 Å². The highest BCUT2D eigenvalue weighted by atomic mass is 35.5. The maximum Gasteiger partial charge on any atom is 0.319 e. The van der Waals surface area contributed by atoms with Gasteiger partial charge in [-0.05, 0) is 24.3 Å². The van der Waals surface area contributed by atoms with Crippen molar-refractivity contribution in [2.75, 3.05) is 19.0 Å². The largest absolute Gasteiger partial charge is 0.497 e. The number of hydrogen-bond acceptors (Lipinski definition) is 6. The quantitative estimate of drug-likeness (QED) is 0.723. The van der Waals surface area contributed by atoms with Crippen molar-refractivity contribution in [2.45, 2.75) is 30.6 Å². The number of urea groups is 1. The van der Waals surface area contributed by atoms with Gasteiger partial charge in [-0.25, -0.2) is 4.79 Å². The summed E-state index contributed by atoms with van der Waals surface area (Å²) in [5.74, 6) is 0.687. The Labute approximate surface area is 160 Å². The summed E-state index contributed by atoms with van der Waals surface area (Å²) >= 11 is 5.93. The van der Waals surface area contributed by atoms with Crippen LogP contribution in [0.4, 0.5) is 10.5 Å². The average Bonchev–Trinajstić information content (AvgIpc) is 3.27. The van der Waals surface area contributed by atoms with Gasteiger partial charge in [0.1, 0.15) is 24.0 Å². The highest BCUT2D eigenvalue weighted by Gasteiger charge is 2.51. The van der Waals surface area contributed by atoms with Gasteiger partial charge in [-0.3, -0.25) is 4.68 Å². The van der Waals surface area contributed by atoms with Crippen molar-refractivity contribution >= 4 is 23.3 Å². The molecule has 144 valence electrons. The van der Waals surface area contributed by atoms with Crippen LogP contribution in [0.2, 0.25) is 5.02 Å². The number of hydrogen-bond donors (Lipinski definition) is 3. The van der Waals surface area contributed by atoms with Gasteiger partial charge in [0, 0.05) is 11.9 Å². The van der Waals surface area contributed by atoms with Gasteiger partial charge in [-0.15, -0.1) is 0 Å². The summed E-state index contributed by atoms with van der Waals surface area (Å²) in [6, 6.07) is 5.15. The van der Waals surface area contributed by atoms with Gasteiger partial charge in [-0.1, -0.05) is 11.6 Å². The number of amides is 2. The Morgan fingerprint density at radius 3 is 2.85 bits per heavy atom. The molecule has 4 rings (SSSR count). The molecule has 1 aromatic carbocycles. The van der Waals surface area contributed by atoms with E-state index in [0.29, 0.717) is 16.5 Å². The lowest BCUT2D eigenvalue weighted by atomic mass is 9.96. The number of benzene rings is 1. The van der Waals surface area contributed by atoms with Crippen LogP contribution in [0.5, 0.6) is 5.75 Å². The number of nitrogens with one attached hydrogen (secondary N) is 2. The molecule has 1 aromatic heterocycles. The molecule has 3 heterocycles. The second-order valence-corrected chi connectivity index (χ2v) is 6.79. The number of nitrogens with zero attached hydrogens (tertiary/aromatic N) is 2. The first-order valence-electron chi connectivity index (χ1n) is 8.41. The van der Waals surface area contributed by atoms with E-state index in [0.717, 1.165) is 0 Å². The van der Waals surface area contributed by atoms with Crippen LogP contribution in [-0.2, 0) is 9.47 Å². The summed E-state index contributed by atoms with van der Waals surface area (Å²) < 4.78 is 18.0. The lowest BCUT2D eigenvalue weighted by Gasteiger charge is -2.38. The Morgan fingerprint density at radius 1 is 1.41 bits per heavy atom. The molecule has 2 bridgehead atoms. The topological polar surface area (TPSA) is 107 Å². The predicted octanol–water partition coefficient (Wildman–Crippen LogP) is 1.39. The minimum Gasteiger partial charge on any atom is -0.497 e. The molecule has 5 atom stereocenters. The number of anilines is 1. The third kappa shape index (κ3) is 3.59. The summed E-state index contributed by atoms with van der Waals surface area (Å²) in [5.41, 5.74) is 0.593. The predicted molar refractivity (Wildman–Crippen MR) is 95.8 cm³/mol. The van der Waals surface area contributed by atoms with Gasteiger partial charge < -0.3 is 30.0 Å². The fraction of sp³-hybridized carbons (Fsp3) is 0.412. The number of aliphatic hydroxyl groups is 1. The highest BCUT2D eigenvalue weighted by molar-refractivity contribution is 6.30. The number of carbonyl (C=O) groups excluding carboxylic acids is 1. The maximum absolute atomic E-state index is 12.4. The third-order valence-electron chi connectivity index (χ3n) is 4.65. The van der Waals surface area contributed by atoms with Gasteiger partial charge in [0.25, 0.3) is 0 Å². The molecule has 5 unspecified atom stereocenters. The van der Waals surface area contributed by atoms with Crippen molar-refractivity contribution in [3.8, 4) is 5.75 Å². The van der Waals surface area contributed by atoms with E-state index in [4.69, 9.17) is 25.8 Å². The first-order valence-corrected chi connectivity index (χ1v) is 8.79. The molecular formula is C17H19ClN4O5. The Hall–Kier alpha value is -2.33. The van der Waals surface area contributed by atoms with E-state index in [1.165, 1.54) is 10.9 Å². The van der Waals surface area contributed by atoms with E-state index < -0.39 is 36.6 Å². The molecule has 2 aliphatic rings. The number of aliphatic hydroxyl groups excluding tert-OH is 1.